The van der Waals surface area contributed by atoms with Crippen molar-refractivity contribution >= 4 is 11.7 Å². The Balaban J connectivity index is 1.41. The van der Waals surface area contributed by atoms with Gasteiger partial charge in [-0.15, -0.1) is 0 Å². The van der Waals surface area contributed by atoms with E-state index in [1.165, 1.54) is 6.33 Å². The molecule has 0 spiro atoms. The first-order chi connectivity index (χ1) is 14.4. The van der Waals surface area contributed by atoms with E-state index in [2.05, 4.69) is 15.0 Å². The quantitative estimate of drug-likeness (QED) is 0.671. The largest absolute Gasteiger partial charge is 0.386 e. The van der Waals surface area contributed by atoms with Gasteiger partial charge in [-0.05, 0) is 31.0 Å². The number of β-amino-alcohol motifs (C(OH)–C–C–N with tert-alkyl or cyclic N) is 1. The van der Waals surface area contributed by atoms with Crippen LogP contribution in [0.3, 0.4) is 0 Å². The zero-order valence-electron chi connectivity index (χ0n) is 17.3. The van der Waals surface area contributed by atoms with Gasteiger partial charge in [0, 0.05) is 56.4 Å². The standard InChI is InChI=1S/C22H26N6O2/c1-17-10-20(25-15-24-17)28-8-6-22(30,14-28)13-26(2)21(29)19-5-3-4-18(11-19)12-27-9-7-23-16-27/h3-5,7,9-11,15-16,30H,6,8,12-14H2,1-2H3. The summed E-state index contributed by atoms with van der Waals surface area (Å²) in [7, 11) is 1.74. The predicted octanol–water partition coefficient (Wildman–Crippen LogP) is 1.74. The fraction of sp³-hybridized carbons (Fsp3) is 0.364. The van der Waals surface area contributed by atoms with Gasteiger partial charge in [-0.3, -0.25) is 4.79 Å². The molecule has 156 valence electrons. The Morgan fingerprint density at radius 1 is 1.30 bits per heavy atom. The summed E-state index contributed by atoms with van der Waals surface area (Å²) in [5.74, 6) is 0.701. The summed E-state index contributed by atoms with van der Waals surface area (Å²) in [6.45, 7) is 3.96. The minimum Gasteiger partial charge on any atom is -0.386 e. The van der Waals surface area contributed by atoms with E-state index in [0.29, 0.717) is 31.6 Å². The zero-order valence-corrected chi connectivity index (χ0v) is 17.3. The van der Waals surface area contributed by atoms with E-state index in [1.807, 2.05) is 52.9 Å². The molecule has 1 N–H and O–H groups in total. The molecule has 8 nitrogen and oxygen atoms in total. The number of nitrogens with zero attached hydrogens (tertiary/aromatic N) is 6. The minimum absolute atomic E-state index is 0.104. The van der Waals surface area contributed by atoms with Gasteiger partial charge in [0.05, 0.1) is 12.9 Å². The van der Waals surface area contributed by atoms with Gasteiger partial charge < -0.3 is 19.5 Å². The average molecular weight is 406 g/mol. The van der Waals surface area contributed by atoms with E-state index in [0.717, 1.165) is 17.1 Å². The molecule has 30 heavy (non-hydrogen) atoms. The first-order valence-corrected chi connectivity index (χ1v) is 9.98. The second kappa shape index (κ2) is 8.23. The second-order valence-corrected chi connectivity index (χ2v) is 8.01. The third-order valence-corrected chi connectivity index (χ3v) is 5.42. The van der Waals surface area contributed by atoms with Gasteiger partial charge in [-0.2, -0.15) is 0 Å². The number of likely N-dealkylation sites (N-methyl/N-ethyl adjacent to an activating group) is 1. The number of amides is 1. The molecule has 1 amide bonds. The van der Waals surface area contributed by atoms with Crippen LogP contribution in [0, 0.1) is 6.92 Å². The van der Waals surface area contributed by atoms with Crippen molar-refractivity contribution in [2.75, 3.05) is 31.6 Å². The SMILES string of the molecule is Cc1cc(N2CCC(O)(CN(C)C(=O)c3cccc(Cn4ccnc4)c3)C2)ncn1. The topological polar surface area (TPSA) is 87.4 Å². The molecule has 1 atom stereocenters. The summed E-state index contributed by atoms with van der Waals surface area (Å²) < 4.78 is 1.96. The third kappa shape index (κ3) is 4.49. The fourth-order valence-electron chi connectivity index (χ4n) is 3.92. The highest BCUT2D eigenvalue weighted by Gasteiger charge is 2.38. The molecule has 1 saturated heterocycles. The lowest BCUT2D eigenvalue weighted by molar-refractivity contribution is 0.0264. The molecule has 1 aliphatic heterocycles. The number of aryl methyl sites for hydroxylation is 1. The van der Waals surface area contributed by atoms with E-state index in [-0.39, 0.29) is 12.5 Å². The summed E-state index contributed by atoms with van der Waals surface area (Å²) in [6, 6.07) is 9.49. The van der Waals surface area contributed by atoms with Crippen molar-refractivity contribution in [2.24, 2.45) is 0 Å². The number of hydrogen-bond donors (Lipinski definition) is 1. The number of hydrogen-bond acceptors (Lipinski definition) is 6. The van der Waals surface area contributed by atoms with Crippen LogP contribution in [0.25, 0.3) is 0 Å². The van der Waals surface area contributed by atoms with Crippen molar-refractivity contribution in [3.05, 3.63) is 72.2 Å². The third-order valence-electron chi connectivity index (χ3n) is 5.42. The Bertz CT molecular complexity index is 1020. The molecule has 0 bridgehead atoms. The average Bonchev–Trinajstić information content (AvgIpc) is 3.37. The summed E-state index contributed by atoms with van der Waals surface area (Å²) in [4.78, 5) is 29.1. The number of anilines is 1. The molecular formula is C22H26N6O2. The summed E-state index contributed by atoms with van der Waals surface area (Å²) >= 11 is 0. The van der Waals surface area contributed by atoms with Gasteiger partial charge in [-0.1, -0.05) is 12.1 Å². The highest BCUT2D eigenvalue weighted by atomic mass is 16.3. The highest BCUT2D eigenvalue weighted by Crippen LogP contribution is 2.26. The number of carbonyl (C=O) groups is 1. The van der Waals surface area contributed by atoms with Crippen LogP contribution < -0.4 is 4.90 Å². The Hall–Kier alpha value is -3.26. The monoisotopic (exact) mass is 406 g/mol. The zero-order chi connectivity index (χ0) is 21.1. The van der Waals surface area contributed by atoms with E-state index >= 15 is 0 Å². The predicted molar refractivity (Wildman–Crippen MR) is 113 cm³/mol. The van der Waals surface area contributed by atoms with Crippen LogP contribution in [0.1, 0.15) is 28.0 Å². The molecule has 4 rings (SSSR count). The number of rotatable bonds is 6. The number of aliphatic hydroxyl groups is 1. The van der Waals surface area contributed by atoms with Crippen molar-refractivity contribution in [3.8, 4) is 0 Å². The molecular weight excluding hydrogens is 380 g/mol. The number of aromatic nitrogens is 4. The van der Waals surface area contributed by atoms with Crippen LogP contribution in [0.5, 0.6) is 0 Å². The van der Waals surface area contributed by atoms with E-state index < -0.39 is 5.60 Å². The Morgan fingerprint density at radius 2 is 2.17 bits per heavy atom. The fourth-order valence-corrected chi connectivity index (χ4v) is 3.92. The molecule has 0 radical (unpaired) electrons. The molecule has 1 aliphatic rings. The van der Waals surface area contributed by atoms with Crippen LogP contribution in [-0.4, -0.2) is 67.7 Å². The summed E-state index contributed by atoms with van der Waals surface area (Å²) in [6.07, 6.45) is 7.49. The van der Waals surface area contributed by atoms with Crippen LogP contribution >= 0.6 is 0 Å². The van der Waals surface area contributed by atoms with Gasteiger partial charge in [0.25, 0.3) is 5.91 Å². The molecule has 0 saturated carbocycles. The molecule has 3 heterocycles. The van der Waals surface area contributed by atoms with Crippen LogP contribution in [-0.2, 0) is 6.54 Å². The van der Waals surface area contributed by atoms with Crippen LogP contribution in [0.2, 0.25) is 0 Å². The molecule has 1 aromatic carbocycles. The van der Waals surface area contributed by atoms with E-state index in [4.69, 9.17) is 0 Å². The maximum absolute atomic E-state index is 13.0. The number of carbonyl (C=O) groups excluding carboxylic acids is 1. The Morgan fingerprint density at radius 3 is 2.93 bits per heavy atom. The first kappa shape index (κ1) is 20.0. The smallest absolute Gasteiger partial charge is 0.253 e. The highest BCUT2D eigenvalue weighted by molar-refractivity contribution is 5.94. The molecule has 2 aromatic heterocycles. The summed E-state index contributed by atoms with van der Waals surface area (Å²) in [5.41, 5.74) is 1.55. The van der Waals surface area contributed by atoms with Gasteiger partial charge in [0.15, 0.2) is 0 Å². The van der Waals surface area contributed by atoms with Crippen LogP contribution in [0.4, 0.5) is 5.82 Å². The second-order valence-electron chi connectivity index (χ2n) is 8.01. The lowest BCUT2D eigenvalue weighted by atomic mass is 10.0. The Labute approximate surface area is 175 Å². The Kier molecular flexibility index (Phi) is 5.50. The van der Waals surface area contributed by atoms with Crippen molar-refractivity contribution in [3.63, 3.8) is 0 Å². The maximum Gasteiger partial charge on any atom is 0.253 e. The molecule has 1 fully saturated rings. The van der Waals surface area contributed by atoms with E-state index in [1.54, 1.807) is 24.5 Å². The number of benzene rings is 1. The van der Waals surface area contributed by atoms with Crippen molar-refractivity contribution in [1.82, 2.24) is 24.4 Å². The first-order valence-electron chi connectivity index (χ1n) is 9.98. The molecule has 0 aliphatic carbocycles. The minimum atomic E-state index is -0.975. The lowest BCUT2D eigenvalue weighted by Crippen LogP contribution is -2.46. The number of imidazole rings is 1. The maximum atomic E-state index is 13.0. The van der Waals surface area contributed by atoms with Gasteiger partial charge >= 0.3 is 0 Å². The summed E-state index contributed by atoms with van der Waals surface area (Å²) in [5, 5.41) is 11.1. The van der Waals surface area contributed by atoms with Gasteiger partial charge in [0.1, 0.15) is 17.7 Å². The lowest BCUT2D eigenvalue weighted by Gasteiger charge is -2.29. The molecule has 1 unspecified atom stereocenters. The van der Waals surface area contributed by atoms with Crippen molar-refractivity contribution < 1.29 is 9.90 Å². The van der Waals surface area contributed by atoms with Crippen molar-refractivity contribution in [1.29, 1.82) is 0 Å². The van der Waals surface area contributed by atoms with E-state index in [9.17, 15) is 9.90 Å². The van der Waals surface area contributed by atoms with Gasteiger partial charge in [-0.25, -0.2) is 15.0 Å². The molecule has 3 aromatic rings. The molecule has 8 heteroatoms. The van der Waals surface area contributed by atoms with Crippen molar-refractivity contribution in [2.45, 2.75) is 25.5 Å². The normalized spacial score (nSPS) is 18.6. The van der Waals surface area contributed by atoms with Gasteiger partial charge in [0.2, 0.25) is 0 Å². The van der Waals surface area contributed by atoms with Crippen LogP contribution in [0.15, 0.2) is 55.4 Å².